The lowest BCUT2D eigenvalue weighted by molar-refractivity contribution is 0.603. The molecular formula is C55H35N3O2. The molecule has 0 amide bonds. The van der Waals surface area contributed by atoms with E-state index in [1.165, 1.54) is 16.2 Å². The van der Waals surface area contributed by atoms with Crippen LogP contribution in [0.25, 0.3) is 128 Å². The van der Waals surface area contributed by atoms with Crippen molar-refractivity contribution in [3.05, 3.63) is 188 Å². The van der Waals surface area contributed by atoms with Crippen molar-refractivity contribution in [1.82, 2.24) is 13.7 Å². The summed E-state index contributed by atoms with van der Waals surface area (Å²) in [5, 5.41) is 10.2. The van der Waals surface area contributed by atoms with Gasteiger partial charge in [-0.05, 0) is 104 Å². The Morgan fingerprint density at radius 2 is 0.917 bits per heavy atom. The van der Waals surface area contributed by atoms with Gasteiger partial charge < -0.3 is 22.5 Å². The highest BCUT2D eigenvalue weighted by Gasteiger charge is 2.23. The number of nitrogens with zero attached hydrogens (tertiary/aromatic N) is 3. The van der Waals surface area contributed by atoms with Gasteiger partial charge in [-0.15, -0.1) is 0 Å². The molecule has 13 rings (SSSR count). The van der Waals surface area contributed by atoms with E-state index in [0.29, 0.717) is 0 Å². The van der Waals surface area contributed by atoms with Crippen LogP contribution < -0.4 is 0 Å². The predicted molar refractivity (Wildman–Crippen MR) is 251 cm³/mol. The minimum atomic E-state index is 0.821. The molecule has 0 bridgehead atoms. The van der Waals surface area contributed by atoms with Gasteiger partial charge in [0.15, 0.2) is 0 Å². The van der Waals surface area contributed by atoms with E-state index in [1.54, 1.807) is 0 Å². The topological polar surface area (TPSA) is 41.1 Å². The Morgan fingerprint density at radius 1 is 0.417 bits per heavy atom. The second kappa shape index (κ2) is 12.2. The molecule has 0 N–H and O–H groups in total. The Bertz CT molecular complexity index is 3980. The fraction of sp³-hybridized carbons (Fsp3) is 0.0182. The molecule has 0 aliphatic rings. The SMILES string of the molecule is C=Cc1c(/C=C\C)oc2ccc(-n3c4ccccc4c4cc(-n5c6ccccc6c6c7oc8c(ccc9c8c8ccccc8n9-c8ccccc8)c7ccc65)ccc43)cc12. The molecule has 0 aliphatic heterocycles. The Kier molecular flexibility index (Phi) is 6.74. The van der Waals surface area contributed by atoms with Gasteiger partial charge in [-0.3, -0.25) is 0 Å². The number of allylic oxidation sites excluding steroid dienone is 1. The number of benzene rings is 8. The van der Waals surface area contributed by atoms with E-state index in [1.807, 2.05) is 25.2 Å². The largest absolute Gasteiger partial charge is 0.456 e. The summed E-state index contributed by atoms with van der Waals surface area (Å²) >= 11 is 0. The lowest BCUT2D eigenvalue weighted by Gasteiger charge is -2.10. The molecule has 0 saturated heterocycles. The Hall–Kier alpha value is -8.02. The lowest BCUT2D eigenvalue weighted by atomic mass is 10.1. The predicted octanol–water partition coefficient (Wildman–Crippen LogP) is 15.3. The summed E-state index contributed by atoms with van der Waals surface area (Å²) < 4.78 is 20.5. The molecule has 13 aromatic rings. The first-order valence-electron chi connectivity index (χ1n) is 20.4. The number of aromatic nitrogens is 3. The molecule has 0 radical (unpaired) electrons. The van der Waals surface area contributed by atoms with Gasteiger partial charge in [0.25, 0.3) is 0 Å². The number of fused-ring (bicyclic) bond motifs is 15. The highest BCUT2D eigenvalue weighted by atomic mass is 16.3. The lowest BCUT2D eigenvalue weighted by Crippen LogP contribution is -1.96. The molecule has 60 heavy (non-hydrogen) atoms. The second-order valence-corrected chi connectivity index (χ2v) is 15.6. The summed E-state index contributed by atoms with van der Waals surface area (Å²) in [6.07, 6.45) is 5.88. The van der Waals surface area contributed by atoms with Crippen molar-refractivity contribution < 1.29 is 8.83 Å². The zero-order valence-electron chi connectivity index (χ0n) is 32.7. The number of para-hydroxylation sites is 4. The van der Waals surface area contributed by atoms with E-state index in [0.717, 1.165) is 111 Å². The maximum absolute atomic E-state index is 7.19. The van der Waals surface area contributed by atoms with Crippen LogP contribution in [0, 0.1) is 0 Å². The monoisotopic (exact) mass is 769 g/mol. The molecule has 5 heterocycles. The molecule has 5 heteroatoms. The number of hydrogen-bond acceptors (Lipinski definition) is 2. The van der Waals surface area contributed by atoms with Crippen LogP contribution >= 0.6 is 0 Å². The summed E-state index contributed by atoms with van der Waals surface area (Å²) in [7, 11) is 0. The second-order valence-electron chi connectivity index (χ2n) is 15.6. The van der Waals surface area contributed by atoms with Crippen molar-refractivity contribution >= 4 is 110 Å². The molecule has 0 unspecified atom stereocenters. The van der Waals surface area contributed by atoms with E-state index in [9.17, 15) is 0 Å². The van der Waals surface area contributed by atoms with Crippen molar-refractivity contribution in [1.29, 1.82) is 0 Å². The van der Waals surface area contributed by atoms with Gasteiger partial charge in [-0.1, -0.05) is 91.5 Å². The zero-order valence-corrected chi connectivity index (χ0v) is 32.7. The number of rotatable bonds is 5. The van der Waals surface area contributed by atoms with Crippen LogP contribution in [0.4, 0.5) is 0 Å². The molecule has 282 valence electrons. The van der Waals surface area contributed by atoms with Crippen molar-refractivity contribution in [3.63, 3.8) is 0 Å². The van der Waals surface area contributed by atoms with E-state index >= 15 is 0 Å². The van der Waals surface area contributed by atoms with Crippen molar-refractivity contribution in [2.45, 2.75) is 6.92 Å². The average molecular weight is 770 g/mol. The maximum atomic E-state index is 7.19. The van der Waals surface area contributed by atoms with Gasteiger partial charge >= 0.3 is 0 Å². The summed E-state index contributed by atoms with van der Waals surface area (Å²) in [6, 6.07) is 59.0. The van der Waals surface area contributed by atoms with Crippen molar-refractivity contribution in [2.75, 3.05) is 0 Å². The molecule has 8 aromatic carbocycles. The van der Waals surface area contributed by atoms with Crippen LogP contribution in [0.2, 0.25) is 0 Å². The van der Waals surface area contributed by atoms with Crippen LogP contribution in [-0.2, 0) is 0 Å². The van der Waals surface area contributed by atoms with E-state index in [4.69, 9.17) is 8.83 Å². The quantitative estimate of drug-likeness (QED) is 0.175. The van der Waals surface area contributed by atoms with Gasteiger partial charge in [0.1, 0.15) is 22.5 Å². The third kappa shape index (κ3) is 4.35. The molecule has 0 saturated carbocycles. The molecule has 5 aromatic heterocycles. The molecular weight excluding hydrogens is 735 g/mol. The number of hydrogen-bond donors (Lipinski definition) is 0. The van der Waals surface area contributed by atoms with Gasteiger partial charge in [-0.2, -0.15) is 0 Å². The first-order chi connectivity index (χ1) is 29.7. The van der Waals surface area contributed by atoms with E-state index in [-0.39, 0.29) is 0 Å². The van der Waals surface area contributed by atoms with E-state index in [2.05, 4.69) is 184 Å². The molecule has 0 aliphatic carbocycles. The molecule has 0 fully saturated rings. The zero-order chi connectivity index (χ0) is 39.6. The van der Waals surface area contributed by atoms with Crippen molar-refractivity contribution in [2.24, 2.45) is 0 Å². The summed E-state index contributed by atoms with van der Waals surface area (Å²) in [5.41, 5.74) is 13.8. The van der Waals surface area contributed by atoms with Gasteiger partial charge in [0.2, 0.25) is 0 Å². The van der Waals surface area contributed by atoms with E-state index < -0.39 is 0 Å². The Balaban J connectivity index is 1.05. The van der Waals surface area contributed by atoms with Crippen molar-refractivity contribution in [3.8, 4) is 17.1 Å². The molecule has 0 atom stereocenters. The number of furan rings is 2. The fourth-order valence-electron chi connectivity index (χ4n) is 10.1. The first kappa shape index (κ1) is 33.0. The van der Waals surface area contributed by atoms with Gasteiger partial charge in [0, 0.05) is 60.3 Å². The Morgan fingerprint density at radius 3 is 1.55 bits per heavy atom. The van der Waals surface area contributed by atoms with Crippen LogP contribution in [0.3, 0.4) is 0 Å². The van der Waals surface area contributed by atoms with Crippen LogP contribution in [0.15, 0.2) is 185 Å². The van der Waals surface area contributed by atoms with Gasteiger partial charge in [-0.25, -0.2) is 0 Å². The third-order valence-corrected chi connectivity index (χ3v) is 12.5. The van der Waals surface area contributed by atoms with Crippen LogP contribution in [0.5, 0.6) is 0 Å². The maximum Gasteiger partial charge on any atom is 0.145 e. The third-order valence-electron chi connectivity index (χ3n) is 12.5. The van der Waals surface area contributed by atoms with Crippen LogP contribution in [0.1, 0.15) is 18.2 Å². The molecule has 0 spiro atoms. The fourth-order valence-corrected chi connectivity index (χ4v) is 10.1. The smallest absolute Gasteiger partial charge is 0.145 e. The minimum absolute atomic E-state index is 0.821. The first-order valence-corrected chi connectivity index (χ1v) is 20.4. The Labute approximate surface area is 343 Å². The highest BCUT2D eigenvalue weighted by molar-refractivity contribution is 6.29. The summed E-state index contributed by atoms with van der Waals surface area (Å²) in [5.74, 6) is 0.821. The van der Waals surface area contributed by atoms with Gasteiger partial charge in [0.05, 0.1) is 43.9 Å². The summed E-state index contributed by atoms with van der Waals surface area (Å²) in [6.45, 7) is 6.12. The standard InChI is InChI=1S/C55H35N3O2/c1-3-14-50-36(4-2)43-32-35(24-30-51(43)59-50)57-44-20-11-8-17-37(44)42-31-34(23-27-47(42)57)58-46-22-13-10-19-41(46)53-49(58)29-26-39-38-25-28-48-52(54(38)60-55(39)53)40-18-9-12-21-45(40)56(48)33-15-6-5-7-16-33/h3-32H,2H2,1H3/b14-3-. The minimum Gasteiger partial charge on any atom is -0.456 e. The highest BCUT2D eigenvalue weighted by Crippen LogP contribution is 2.45. The normalized spacial score (nSPS) is 12.4. The summed E-state index contributed by atoms with van der Waals surface area (Å²) in [4.78, 5) is 0. The molecule has 5 nitrogen and oxygen atoms in total. The van der Waals surface area contributed by atoms with Crippen LogP contribution in [-0.4, -0.2) is 13.7 Å². The average Bonchev–Trinajstić information content (AvgIpc) is 4.09.